The number of hydrogen-bond acceptors (Lipinski definition) is 0. The van der Waals surface area contributed by atoms with Crippen LogP contribution < -0.4 is 28.5 Å². The van der Waals surface area contributed by atoms with Gasteiger partial charge < -0.3 is 24.0 Å². The zero-order valence-corrected chi connectivity index (χ0v) is 18.2. The Bertz CT molecular complexity index is 562. The first-order valence-electron chi connectivity index (χ1n) is 10.3. The molecule has 0 saturated carbocycles. The molecule has 2 aromatic rings. The van der Waals surface area contributed by atoms with Gasteiger partial charge >= 0.3 is 0 Å². The Hall–Kier alpha value is -0.640. The molecule has 0 spiro atoms. The van der Waals surface area contributed by atoms with E-state index in [4.69, 9.17) is 0 Å². The smallest absolute Gasteiger partial charge is 0.212 e. The maximum Gasteiger partial charge on any atom is 0.212 e. The highest BCUT2D eigenvalue weighted by Gasteiger charge is 2.06. The van der Waals surface area contributed by atoms with E-state index in [1.807, 2.05) is 0 Å². The summed E-state index contributed by atoms with van der Waals surface area (Å²) < 4.78 is 2.41. The van der Waals surface area contributed by atoms with Crippen molar-refractivity contribution in [1.29, 1.82) is 0 Å². The van der Waals surface area contributed by atoms with Crippen LogP contribution in [0.15, 0.2) is 42.6 Å². The minimum absolute atomic E-state index is 0. The van der Waals surface area contributed by atoms with Crippen molar-refractivity contribution in [2.24, 2.45) is 0 Å². The second kappa shape index (κ2) is 14.5. The zero-order valence-electron chi connectivity index (χ0n) is 16.1. The summed E-state index contributed by atoms with van der Waals surface area (Å²) in [6, 6.07) is 13.1. The molecule has 1 aromatic carbocycles. The standard InChI is InChI=1S/C23H36N.HI/c1-2-3-4-5-6-7-8-9-10-11-12-15-20-24-21-16-18-22-17-13-14-19-23(22)24;/h13-14,16-19,21H,2-12,15,20H2,1H3;1H/q+1;/p-1. The molecule has 0 aliphatic rings. The molecule has 0 bridgehead atoms. The Balaban J connectivity index is 0.00000312. The maximum atomic E-state index is 2.41. The summed E-state index contributed by atoms with van der Waals surface area (Å²) in [7, 11) is 0. The molecule has 2 heteroatoms. The van der Waals surface area contributed by atoms with Crippen molar-refractivity contribution in [2.45, 2.75) is 90.5 Å². The van der Waals surface area contributed by atoms with Crippen LogP contribution in [0.3, 0.4) is 0 Å². The number of pyridine rings is 1. The Morgan fingerprint density at radius 1 is 0.640 bits per heavy atom. The molecule has 0 radical (unpaired) electrons. The van der Waals surface area contributed by atoms with E-state index in [1.54, 1.807) is 0 Å². The molecule has 0 saturated heterocycles. The van der Waals surface area contributed by atoms with Crippen LogP contribution in [-0.4, -0.2) is 0 Å². The lowest BCUT2D eigenvalue weighted by molar-refractivity contribution is -0.671. The summed E-state index contributed by atoms with van der Waals surface area (Å²) in [5.74, 6) is 0. The lowest BCUT2D eigenvalue weighted by Crippen LogP contribution is -3.00. The van der Waals surface area contributed by atoms with Crippen LogP contribution in [-0.2, 0) is 6.54 Å². The fourth-order valence-corrected chi connectivity index (χ4v) is 3.54. The minimum atomic E-state index is 0. The fourth-order valence-electron chi connectivity index (χ4n) is 3.54. The molecule has 1 nitrogen and oxygen atoms in total. The van der Waals surface area contributed by atoms with E-state index in [-0.39, 0.29) is 24.0 Å². The van der Waals surface area contributed by atoms with E-state index in [0.717, 1.165) is 6.54 Å². The van der Waals surface area contributed by atoms with Crippen molar-refractivity contribution in [3.63, 3.8) is 0 Å². The van der Waals surface area contributed by atoms with Gasteiger partial charge in [0.05, 0.1) is 0 Å². The molecule has 0 fully saturated rings. The van der Waals surface area contributed by atoms with Crippen molar-refractivity contribution < 1.29 is 28.5 Å². The molecule has 25 heavy (non-hydrogen) atoms. The van der Waals surface area contributed by atoms with Crippen LogP contribution in [0, 0.1) is 0 Å². The molecule has 0 atom stereocenters. The average molecular weight is 453 g/mol. The van der Waals surface area contributed by atoms with Gasteiger partial charge in [0, 0.05) is 23.9 Å². The number of benzene rings is 1. The third-order valence-electron chi connectivity index (χ3n) is 5.04. The Labute approximate surface area is 172 Å². The number of fused-ring (bicyclic) bond motifs is 1. The van der Waals surface area contributed by atoms with E-state index < -0.39 is 0 Å². The molecule has 0 amide bonds. The van der Waals surface area contributed by atoms with Gasteiger partial charge in [0.1, 0.15) is 6.54 Å². The summed E-state index contributed by atoms with van der Waals surface area (Å²) in [6.45, 7) is 3.44. The zero-order chi connectivity index (χ0) is 16.9. The van der Waals surface area contributed by atoms with Crippen molar-refractivity contribution in [2.75, 3.05) is 0 Å². The maximum absolute atomic E-state index is 2.41. The summed E-state index contributed by atoms with van der Waals surface area (Å²) >= 11 is 0. The fraction of sp³-hybridized carbons (Fsp3) is 0.609. The van der Waals surface area contributed by atoms with Crippen LogP contribution >= 0.6 is 0 Å². The van der Waals surface area contributed by atoms with Gasteiger partial charge in [-0.05, 0) is 18.6 Å². The lowest BCUT2D eigenvalue weighted by atomic mass is 10.1. The van der Waals surface area contributed by atoms with Crippen LogP contribution in [0.1, 0.15) is 84.0 Å². The Morgan fingerprint density at radius 2 is 1.16 bits per heavy atom. The topological polar surface area (TPSA) is 3.88 Å². The molecule has 2 rings (SSSR count). The van der Waals surface area contributed by atoms with Gasteiger partial charge in [-0.2, -0.15) is 4.57 Å². The van der Waals surface area contributed by atoms with Crippen LogP contribution in [0.25, 0.3) is 10.9 Å². The normalized spacial score (nSPS) is 10.8. The van der Waals surface area contributed by atoms with Gasteiger partial charge in [0.25, 0.3) is 0 Å². The lowest BCUT2D eigenvalue weighted by Gasteiger charge is -2.03. The monoisotopic (exact) mass is 453 g/mol. The number of para-hydroxylation sites is 1. The molecule has 0 N–H and O–H groups in total. The van der Waals surface area contributed by atoms with Crippen LogP contribution in [0.2, 0.25) is 0 Å². The van der Waals surface area contributed by atoms with Crippen molar-refractivity contribution >= 4 is 10.9 Å². The van der Waals surface area contributed by atoms with Crippen molar-refractivity contribution in [1.82, 2.24) is 0 Å². The first-order valence-corrected chi connectivity index (χ1v) is 10.3. The minimum Gasteiger partial charge on any atom is -1.00 e. The molecule has 1 aromatic heterocycles. The van der Waals surface area contributed by atoms with E-state index in [2.05, 4.69) is 54.1 Å². The van der Waals surface area contributed by atoms with Gasteiger partial charge in [-0.25, -0.2) is 0 Å². The van der Waals surface area contributed by atoms with E-state index in [0.29, 0.717) is 0 Å². The Kier molecular flexibility index (Phi) is 13.0. The summed E-state index contributed by atoms with van der Waals surface area (Å²) in [5.41, 5.74) is 1.36. The number of nitrogens with zero attached hydrogens (tertiary/aromatic N) is 1. The Morgan fingerprint density at radius 3 is 1.80 bits per heavy atom. The van der Waals surface area contributed by atoms with Gasteiger partial charge in [-0.3, -0.25) is 0 Å². The summed E-state index contributed by atoms with van der Waals surface area (Å²) in [4.78, 5) is 0. The van der Waals surface area contributed by atoms with E-state index in [9.17, 15) is 0 Å². The molecule has 0 aliphatic heterocycles. The third-order valence-corrected chi connectivity index (χ3v) is 5.04. The molecule has 0 aliphatic carbocycles. The van der Waals surface area contributed by atoms with Gasteiger partial charge in [0.15, 0.2) is 6.20 Å². The largest absolute Gasteiger partial charge is 1.00 e. The predicted octanol–water partition coefficient (Wildman–Crippen LogP) is 3.83. The highest BCUT2D eigenvalue weighted by atomic mass is 127. The SMILES string of the molecule is CCCCCCCCCCCCCC[n+]1cccc2ccccc21.[I-]. The highest BCUT2D eigenvalue weighted by Crippen LogP contribution is 2.12. The number of rotatable bonds is 13. The number of unbranched alkanes of at least 4 members (excludes halogenated alkanes) is 11. The second-order valence-corrected chi connectivity index (χ2v) is 7.15. The summed E-state index contributed by atoms with van der Waals surface area (Å²) in [5, 5.41) is 1.35. The van der Waals surface area contributed by atoms with Gasteiger partial charge in [0.2, 0.25) is 5.52 Å². The number of aryl methyl sites for hydroxylation is 1. The molecule has 1 heterocycles. The van der Waals surface area contributed by atoms with Crippen molar-refractivity contribution in [3.8, 4) is 0 Å². The first-order chi connectivity index (χ1) is 11.9. The molecule has 140 valence electrons. The van der Waals surface area contributed by atoms with Crippen molar-refractivity contribution in [3.05, 3.63) is 42.6 Å². The van der Waals surface area contributed by atoms with Gasteiger partial charge in [-0.1, -0.05) is 83.3 Å². The summed E-state index contributed by atoms with van der Waals surface area (Å²) in [6.07, 6.45) is 19.2. The van der Waals surface area contributed by atoms with E-state index >= 15 is 0 Å². The number of hydrogen-bond donors (Lipinski definition) is 0. The first kappa shape index (κ1) is 22.4. The third kappa shape index (κ3) is 9.03. The number of aromatic nitrogens is 1. The highest BCUT2D eigenvalue weighted by molar-refractivity contribution is 5.74. The van der Waals surface area contributed by atoms with Crippen LogP contribution in [0.5, 0.6) is 0 Å². The average Bonchev–Trinajstić information content (AvgIpc) is 2.63. The number of halogens is 1. The van der Waals surface area contributed by atoms with E-state index in [1.165, 1.54) is 88.0 Å². The molecular formula is C23H36IN. The van der Waals surface area contributed by atoms with Gasteiger partial charge in [-0.15, -0.1) is 0 Å². The molecular weight excluding hydrogens is 417 g/mol. The van der Waals surface area contributed by atoms with Crippen LogP contribution in [0.4, 0.5) is 0 Å². The quantitative estimate of drug-likeness (QED) is 0.247. The molecule has 0 unspecified atom stereocenters. The second-order valence-electron chi connectivity index (χ2n) is 7.15. The predicted molar refractivity (Wildman–Crippen MR) is 105 cm³/mol.